The second kappa shape index (κ2) is 7.05. The number of ether oxygens (including phenoxy) is 1. The van der Waals surface area contributed by atoms with Gasteiger partial charge in [0, 0.05) is 18.9 Å². The van der Waals surface area contributed by atoms with Crippen molar-refractivity contribution < 1.29 is 18.3 Å². The highest BCUT2D eigenvalue weighted by Crippen LogP contribution is 2.37. The fourth-order valence-corrected chi connectivity index (χ4v) is 2.73. The van der Waals surface area contributed by atoms with Crippen LogP contribution in [0, 0.1) is 0 Å². The molecule has 0 radical (unpaired) electrons. The molecule has 1 amide bonds. The van der Waals surface area contributed by atoms with E-state index in [9.17, 15) is 13.6 Å². The van der Waals surface area contributed by atoms with Crippen LogP contribution in [0.25, 0.3) is 6.08 Å². The summed E-state index contributed by atoms with van der Waals surface area (Å²) >= 11 is 0. The Hall–Kier alpha value is -2.69. The van der Waals surface area contributed by atoms with Crippen LogP contribution in [0.5, 0.6) is 5.75 Å². The molecule has 0 spiro atoms. The van der Waals surface area contributed by atoms with E-state index < -0.39 is 17.9 Å². The van der Waals surface area contributed by atoms with Crippen molar-refractivity contribution in [3.05, 3.63) is 71.8 Å². The van der Waals surface area contributed by atoms with Crippen LogP contribution in [0.15, 0.2) is 55.1 Å². The third kappa shape index (κ3) is 4.24. The summed E-state index contributed by atoms with van der Waals surface area (Å²) in [6.07, 6.45) is 1.02. The van der Waals surface area contributed by atoms with Crippen LogP contribution in [0.2, 0.25) is 0 Å². The number of carbonyl (C=O) groups excluding carboxylic acids is 1. The highest BCUT2D eigenvalue weighted by Gasteiger charge is 2.46. The molecule has 1 N–H and O–H groups in total. The number of benzene rings is 2. The summed E-state index contributed by atoms with van der Waals surface area (Å²) in [4.78, 5) is 12.4. The number of amides is 1. The van der Waals surface area contributed by atoms with E-state index in [1.54, 1.807) is 24.3 Å². The van der Waals surface area contributed by atoms with Gasteiger partial charge < -0.3 is 10.1 Å². The molecule has 0 saturated heterocycles. The third-order valence-electron chi connectivity index (χ3n) is 4.15. The van der Waals surface area contributed by atoms with Crippen molar-refractivity contribution in [3.8, 4) is 5.75 Å². The first-order valence-electron chi connectivity index (χ1n) is 8.09. The zero-order chi connectivity index (χ0) is 17.9. The zero-order valence-electron chi connectivity index (χ0n) is 13.7. The molecule has 2 aromatic carbocycles. The van der Waals surface area contributed by atoms with Crippen LogP contribution in [-0.2, 0) is 6.61 Å². The number of hydrogen-bond donors (Lipinski definition) is 1. The van der Waals surface area contributed by atoms with Crippen LogP contribution in [0.1, 0.15) is 34.3 Å². The standard InChI is InChI=1S/C20H19F2NO2/c1-2-14-8-9-17(19(24)23-16-11-20(21,22)12-16)18(10-14)25-13-15-6-4-3-5-7-15/h2-10,16H,1,11-13H2,(H,23,24). The van der Waals surface area contributed by atoms with E-state index in [0.717, 1.165) is 11.1 Å². The van der Waals surface area contributed by atoms with Gasteiger partial charge in [-0.3, -0.25) is 4.79 Å². The van der Waals surface area contributed by atoms with Gasteiger partial charge in [0.25, 0.3) is 11.8 Å². The summed E-state index contributed by atoms with van der Waals surface area (Å²) in [7, 11) is 0. The minimum absolute atomic E-state index is 0.309. The minimum Gasteiger partial charge on any atom is -0.488 e. The van der Waals surface area contributed by atoms with Gasteiger partial charge in [-0.15, -0.1) is 0 Å². The lowest BCUT2D eigenvalue weighted by molar-refractivity contribution is -0.0901. The molecule has 5 heteroatoms. The van der Waals surface area contributed by atoms with E-state index >= 15 is 0 Å². The number of hydrogen-bond acceptors (Lipinski definition) is 2. The minimum atomic E-state index is -2.67. The first-order chi connectivity index (χ1) is 12.0. The van der Waals surface area contributed by atoms with E-state index in [-0.39, 0.29) is 12.8 Å². The molecule has 0 aliphatic heterocycles. The van der Waals surface area contributed by atoms with Gasteiger partial charge >= 0.3 is 0 Å². The van der Waals surface area contributed by atoms with E-state index in [4.69, 9.17) is 4.74 Å². The second-order valence-corrected chi connectivity index (χ2v) is 6.17. The van der Waals surface area contributed by atoms with E-state index in [0.29, 0.717) is 17.9 Å². The predicted octanol–water partition coefficient (Wildman–Crippen LogP) is 4.44. The molecule has 1 aliphatic rings. The van der Waals surface area contributed by atoms with Crippen molar-refractivity contribution in [1.29, 1.82) is 0 Å². The highest BCUT2D eigenvalue weighted by molar-refractivity contribution is 5.97. The average Bonchev–Trinajstić information content (AvgIpc) is 2.59. The summed E-state index contributed by atoms with van der Waals surface area (Å²) in [6.45, 7) is 4.02. The Morgan fingerprint density at radius 2 is 1.96 bits per heavy atom. The van der Waals surface area contributed by atoms with Crippen LogP contribution >= 0.6 is 0 Å². The first-order valence-corrected chi connectivity index (χ1v) is 8.09. The van der Waals surface area contributed by atoms with Crippen LogP contribution in [-0.4, -0.2) is 17.9 Å². The molecule has 0 aromatic heterocycles. The maximum absolute atomic E-state index is 12.9. The second-order valence-electron chi connectivity index (χ2n) is 6.17. The topological polar surface area (TPSA) is 38.3 Å². The molecule has 1 fully saturated rings. The molecule has 3 rings (SSSR count). The lowest BCUT2D eigenvalue weighted by Crippen LogP contribution is -2.50. The Morgan fingerprint density at radius 3 is 2.60 bits per heavy atom. The monoisotopic (exact) mass is 343 g/mol. The predicted molar refractivity (Wildman–Crippen MR) is 92.7 cm³/mol. The summed E-state index contributed by atoms with van der Waals surface area (Å²) in [5, 5.41) is 2.64. The zero-order valence-corrected chi connectivity index (χ0v) is 13.7. The maximum atomic E-state index is 12.9. The summed E-state index contributed by atoms with van der Waals surface area (Å²) < 4.78 is 31.7. The van der Waals surface area contributed by atoms with Crippen molar-refractivity contribution in [2.75, 3.05) is 0 Å². The number of nitrogens with one attached hydrogen (secondary N) is 1. The van der Waals surface area contributed by atoms with Crippen LogP contribution in [0.4, 0.5) is 8.78 Å². The molecule has 3 nitrogen and oxygen atoms in total. The third-order valence-corrected chi connectivity index (χ3v) is 4.15. The molecule has 0 heterocycles. The van der Waals surface area contributed by atoms with Gasteiger partial charge in [0.05, 0.1) is 5.56 Å². The van der Waals surface area contributed by atoms with E-state index in [1.165, 1.54) is 0 Å². The van der Waals surface area contributed by atoms with E-state index in [1.807, 2.05) is 30.3 Å². The van der Waals surface area contributed by atoms with Gasteiger partial charge in [-0.05, 0) is 23.3 Å². The molecule has 0 atom stereocenters. The number of carbonyl (C=O) groups is 1. The molecule has 2 aromatic rings. The highest BCUT2D eigenvalue weighted by atomic mass is 19.3. The van der Waals surface area contributed by atoms with Crippen molar-refractivity contribution >= 4 is 12.0 Å². The normalized spacial score (nSPS) is 15.9. The molecule has 130 valence electrons. The van der Waals surface area contributed by atoms with Crippen LogP contribution < -0.4 is 10.1 Å². The molecule has 0 bridgehead atoms. The fourth-order valence-electron chi connectivity index (χ4n) is 2.73. The van der Waals surface area contributed by atoms with Crippen molar-refractivity contribution in [2.24, 2.45) is 0 Å². The Morgan fingerprint density at radius 1 is 1.24 bits per heavy atom. The molecule has 25 heavy (non-hydrogen) atoms. The Bertz CT molecular complexity index is 767. The van der Waals surface area contributed by atoms with Gasteiger partial charge in [0.2, 0.25) is 0 Å². The summed E-state index contributed by atoms with van der Waals surface area (Å²) in [6, 6.07) is 14.2. The largest absolute Gasteiger partial charge is 0.488 e. The average molecular weight is 343 g/mol. The quantitative estimate of drug-likeness (QED) is 0.842. The summed E-state index contributed by atoms with van der Waals surface area (Å²) in [5.74, 6) is -2.67. The molecular weight excluding hydrogens is 324 g/mol. The lowest BCUT2D eigenvalue weighted by Gasteiger charge is -2.35. The smallest absolute Gasteiger partial charge is 0.255 e. The molecule has 1 saturated carbocycles. The Labute approximate surface area is 145 Å². The number of rotatable bonds is 6. The van der Waals surface area contributed by atoms with Gasteiger partial charge in [-0.1, -0.05) is 49.1 Å². The van der Waals surface area contributed by atoms with Gasteiger partial charge in [0.1, 0.15) is 12.4 Å². The Kier molecular flexibility index (Phi) is 4.83. The van der Waals surface area contributed by atoms with Crippen molar-refractivity contribution in [1.82, 2.24) is 5.32 Å². The number of halogens is 2. The lowest BCUT2D eigenvalue weighted by atomic mass is 9.88. The molecule has 0 unspecified atom stereocenters. The fraction of sp³-hybridized carbons (Fsp3) is 0.250. The van der Waals surface area contributed by atoms with Gasteiger partial charge in [-0.2, -0.15) is 0 Å². The van der Waals surface area contributed by atoms with Crippen LogP contribution in [0.3, 0.4) is 0 Å². The van der Waals surface area contributed by atoms with Crippen molar-refractivity contribution in [2.45, 2.75) is 31.4 Å². The van der Waals surface area contributed by atoms with Gasteiger partial charge in [-0.25, -0.2) is 8.78 Å². The number of alkyl halides is 2. The van der Waals surface area contributed by atoms with Gasteiger partial charge in [0.15, 0.2) is 0 Å². The first kappa shape index (κ1) is 17.1. The maximum Gasteiger partial charge on any atom is 0.255 e. The molecule has 1 aliphatic carbocycles. The summed E-state index contributed by atoms with van der Waals surface area (Å²) in [5.41, 5.74) is 2.11. The molecular formula is C20H19F2NO2. The van der Waals surface area contributed by atoms with Crippen molar-refractivity contribution in [3.63, 3.8) is 0 Å². The SMILES string of the molecule is C=Cc1ccc(C(=O)NC2CC(F)(F)C2)c(OCc2ccccc2)c1. The van der Waals surface area contributed by atoms with E-state index in [2.05, 4.69) is 11.9 Å². The Balaban J connectivity index is 1.73.